The molecule has 1 unspecified atom stereocenters. The maximum Gasteiger partial charge on any atom is 0.257 e. The van der Waals surface area contributed by atoms with Crippen LogP contribution >= 0.6 is 27.7 Å². The second-order valence-corrected chi connectivity index (χ2v) is 7.45. The van der Waals surface area contributed by atoms with Crippen LogP contribution in [0.15, 0.2) is 32.6 Å². The summed E-state index contributed by atoms with van der Waals surface area (Å²) < 4.78 is 14.9. The Morgan fingerprint density at radius 2 is 2.21 bits per heavy atom. The number of fused-ring (bicyclic) bond motifs is 1. The Balaban J connectivity index is 2.11. The molecule has 2 N–H and O–H groups in total. The standard InChI is InChI=1S/C16H15BrFN3O2S/c1-2-5-24-16-20-14-13(15(23)21-16)10(7-12(22)19-14)9-6-8(17)3-4-11(9)18/h3-4,6,10H,2,5,7H2,1H3,(H2,19,20,21,22,23). The topological polar surface area (TPSA) is 74.8 Å². The smallest absolute Gasteiger partial charge is 0.257 e. The number of carbonyl (C=O) groups excluding carboxylic acids is 1. The van der Waals surface area contributed by atoms with Crippen molar-refractivity contribution >= 4 is 39.4 Å². The van der Waals surface area contributed by atoms with Crippen LogP contribution in [0.5, 0.6) is 0 Å². The third-order valence-electron chi connectivity index (χ3n) is 3.71. The van der Waals surface area contributed by atoms with Crippen LogP contribution < -0.4 is 10.9 Å². The Labute approximate surface area is 150 Å². The van der Waals surface area contributed by atoms with Crippen molar-refractivity contribution in [2.24, 2.45) is 0 Å². The van der Waals surface area contributed by atoms with Crippen LogP contribution in [0.25, 0.3) is 0 Å². The lowest BCUT2D eigenvalue weighted by molar-refractivity contribution is -0.116. The summed E-state index contributed by atoms with van der Waals surface area (Å²) >= 11 is 4.72. The number of benzene rings is 1. The van der Waals surface area contributed by atoms with Gasteiger partial charge in [0.15, 0.2) is 5.16 Å². The Hall–Kier alpha value is -1.67. The summed E-state index contributed by atoms with van der Waals surface area (Å²) in [7, 11) is 0. The molecule has 0 bridgehead atoms. The zero-order chi connectivity index (χ0) is 17.3. The van der Waals surface area contributed by atoms with Gasteiger partial charge in [0.1, 0.15) is 11.6 Å². The van der Waals surface area contributed by atoms with Gasteiger partial charge >= 0.3 is 0 Å². The molecule has 1 atom stereocenters. The van der Waals surface area contributed by atoms with Crippen molar-refractivity contribution in [3.63, 3.8) is 0 Å². The molecule has 0 saturated heterocycles. The van der Waals surface area contributed by atoms with Gasteiger partial charge in [-0.1, -0.05) is 34.6 Å². The number of nitrogens with zero attached hydrogens (tertiary/aromatic N) is 1. The van der Waals surface area contributed by atoms with E-state index in [1.807, 2.05) is 6.92 Å². The van der Waals surface area contributed by atoms with Crippen LogP contribution in [-0.4, -0.2) is 21.6 Å². The molecule has 24 heavy (non-hydrogen) atoms. The lowest BCUT2D eigenvalue weighted by atomic mass is 9.86. The third-order valence-corrected chi connectivity index (χ3v) is 5.28. The van der Waals surface area contributed by atoms with Gasteiger partial charge in [0, 0.05) is 22.6 Å². The Kier molecular flexibility index (Phi) is 5.05. The Bertz CT molecular complexity index is 856. The number of anilines is 1. The maximum absolute atomic E-state index is 14.3. The molecule has 2 heterocycles. The molecule has 3 rings (SSSR count). The summed E-state index contributed by atoms with van der Waals surface area (Å²) in [5.74, 6) is -0.367. The van der Waals surface area contributed by atoms with Crippen LogP contribution in [0.4, 0.5) is 10.2 Å². The number of H-pyrrole nitrogens is 1. The largest absolute Gasteiger partial charge is 0.310 e. The quantitative estimate of drug-likeness (QED) is 0.594. The molecule has 0 spiro atoms. The number of thioether (sulfide) groups is 1. The molecule has 126 valence electrons. The Morgan fingerprint density at radius 3 is 2.96 bits per heavy atom. The van der Waals surface area contributed by atoms with Gasteiger partial charge in [-0.15, -0.1) is 0 Å². The average molecular weight is 412 g/mol. The second kappa shape index (κ2) is 7.06. The minimum atomic E-state index is -0.660. The third kappa shape index (κ3) is 3.39. The number of aromatic nitrogens is 2. The van der Waals surface area contributed by atoms with E-state index in [1.165, 1.54) is 17.8 Å². The number of aromatic amines is 1. The van der Waals surface area contributed by atoms with E-state index in [4.69, 9.17) is 0 Å². The van der Waals surface area contributed by atoms with Crippen LogP contribution in [0.3, 0.4) is 0 Å². The van der Waals surface area contributed by atoms with E-state index in [0.717, 1.165) is 12.2 Å². The summed E-state index contributed by atoms with van der Waals surface area (Å²) in [5, 5.41) is 3.09. The van der Waals surface area contributed by atoms with Crippen LogP contribution in [0.1, 0.15) is 36.8 Å². The van der Waals surface area contributed by atoms with E-state index in [9.17, 15) is 14.0 Å². The van der Waals surface area contributed by atoms with Gasteiger partial charge in [-0.3, -0.25) is 9.59 Å². The molecule has 0 aliphatic carbocycles. The molecule has 1 aromatic carbocycles. The number of halogens is 2. The monoisotopic (exact) mass is 411 g/mol. The van der Waals surface area contributed by atoms with Crippen LogP contribution in [0, 0.1) is 5.82 Å². The van der Waals surface area contributed by atoms with E-state index < -0.39 is 11.7 Å². The first-order valence-corrected chi connectivity index (χ1v) is 9.29. The predicted molar refractivity (Wildman–Crippen MR) is 95.1 cm³/mol. The fraction of sp³-hybridized carbons (Fsp3) is 0.312. The van der Waals surface area contributed by atoms with Gasteiger partial charge in [0.05, 0.1) is 5.56 Å². The minimum absolute atomic E-state index is 0.00653. The first kappa shape index (κ1) is 17.2. The van der Waals surface area contributed by atoms with Crippen molar-refractivity contribution in [1.29, 1.82) is 0 Å². The molecule has 1 aromatic heterocycles. The zero-order valence-corrected chi connectivity index (χ0v) is 15.3. The second-order valence-electron chi connectivity index (χ2n) is 5.45. The molecule has 0 saturated carbocycles. The highest BCUT2D eigenvalue weighted by Crippen LogP contribution is 2.36. The average Bonchev–Trinajstić information content (AvgIpc) is 2.54. The van der Waals surface area contributed by atoms with Crippen molar-refractivity contribution in [3.05, 3.63) is 50.0 Å². The van der Waals surface area contributed by atoms with Crippen LogP contribution in [-0.2, 0) is 4.79 Å². The number of hydrogen-bond donors (Lipinski definition) is 2. The summed E-state index contributed by atoms with van der Waals surface area (Å²) in [6.45, 7) is 2.03. The first-order valence-electron chi connectivity index (χ1n) is 7.51. The van der Waals surface area contributed by atoms with Crippen molar-refractivity contribution in [1.82, 2.24) is 9.97 Å². The molecule has 1 amide bonds. The minimum Gasteiger partial charge on any atom is -0.310 e. The summed E-state index contributed by atoms with van der Waals surface area (Å²) in [6.07, 6.45) is 0.941. The molecule has 1 aliphatic heterocycles. The fourth-order valence-electron chi connectivity index (χ4n) is 2.67. The molecular weight excluding hydrogens is 397 g/mol. The lowest BCUT2D eigenvalue weighted by Crippen LogP contribution is -2.31. The summed E-state index contributed by atoms with van der Waals surface area (Å²) in [4.78, 5) is 31.6. The van der Waals surface area contributed by atoms with Gasteiger partial charge < -0.3 is 10.3 Å². The zero-order valence-electron chi connectivity index (χ0n) is 12.9. The number of carbonyl (C=O) groups is 1. The molecule has 0 fully saturated rings. The van der Waals surface area contributed by atoms with Gasteiger partial charge in [0.2, 0.25) is 5.91 Å². The van der Waals surface area contributed by atoms with Gasteiger partial charge in [-0.2, -0.15) is 0 Å². The molecule has 8 heteroatoms. The predicted octanol–water partition coefficient (Wildman–Crippen LogP) is 3.65. The molecule has 1 aliphatic rings. The van der Waals surface area contributed by atoms with E-state index in [2.05, 4.69) is 31.2 Å². The van der Waals surface area contributed by atoms with Crippen molar-refractivity contribution in [2.75, 3.05) is 11.1 Å². The van der Waals surface area contributed by atoms with E-state index >= 15 is 0 Å². The van der Waals surface area contributed by atoms with Gasteiger partial charge in [-0.25, -0.2) is 9.37 Å². The molecule has 2 aromatic rings. The van der Waals surface area contributed by atoms with Crippen LogP contribution in [0.2, 0.25) is 0 Å². The fourth-order valence-corrected chi connectivity index (χ4v) is 3.76. The Morgan fingerprint density at radius 1 is 1.42 bits per heavy atom. The van der Waals surface area contributed by atoms with Crippen molar-refractivity contribution in [2.45, 2.75) is 30.8 Å². The van der Waals surface area contributed by atoms with Gasteiger partial charge in [-0.05, 0) is 30.2 Å². The first-order chi connectivity index (χ1) is 11.5. The van der Waals surface area contributed by atoms with Crippen molar-refractivity contribution < 1.29 is 9.18 Å². The highest BCUT2D eigenvalue weighted by molar-refractivity contribution is 9.10. The number of rotatable bonds is 4. The van der Waals surface area contributed by atoms with E-state index in [0.29, 0.717) is 20.8 Å². The number of nitrogens with one attached hydrogen (secondary N) is 2. The SMILES string of the molecule is CCCSc1nc2c(c(=O)[nH]1)C(c1cc(Br)ccc1F)CC(=O)N2. The number of hydrogen-bond acceptors (Lipinski definition) is 4. The summed E-state index contributed by atoms with van der Waals surface area (Å²) in [6, 6.07) is 4.50. The lowest BCUT2D eigenvalue weighted by Gasteiger charge is -2.25. The highest BCUT2D eigenvalue weighted by Gasteiger charge is 2.32. The highest BCUT2D eigenvalue weighted by atomic mass is 79.9. The maximum atomic E-state index is 14.3. The van der Waals surface area contributed by atoms with Gasteiger partial charge in [0.25, 0.3) is 5.56 Å². The molecular formula is C16H15BrFN3O2S. The molecule has 0 radical (unpaired) electrons. The normalized spacial score (nSPS) is 16.6. The molecule has 5 nitrogen and oxygen atoms in total. The summed E-state index contributed by atoms with van der Waals surface area (Å²) in [5.41, 5.74) is 0.261. The van der Waals surface area contributed by atoms with E-state index in [-0.39, 0.29) is 23.7 Å². The van der Waals surface area contributed by atoms with E-state index in [1.54, 1.807) is 12.1 Å². The van der Waals surface area contributed by atoms with Crippen molar-refractivity contribution in [3.8, 4) is 0 Å². The number of amides is 1.